The molecular formula is C12H16N4. The summed E-state index contributed by atoms with van der Waals surface area (Å²) in [5, 5.41) is 3.29. The highest BCUT2D eigenvalue weighted by Crippen LogP contribution is 2.22. The van der Waals surface area contributed by atoms with Gasteiger partial charge in [-0.3, -0.25) is 0 Å². The van der Waals surface area contributed by atoms with Gasteiger partial charge in [-0.1, -0.05) is 0 Å². The molecule has 1 aromatic heterocycles. The van der Waals surface area contributed by atoms with E-state index >= 15 is 0 Å². The fraction of sp³-hybridized carbons (Fsp3) is 0.417. The number of hydrogen-bond donors (Lipinski definition) is 1. The Morgan fingerprint density at radius 2 is 2.25 bits per heavy atom. The number of aryl methyl sites for hydroxylation is 1. The molecule has 0 aliphatic carbocycles. The third-order valence-electron chi connectivity index (χ3n) is 3.42. The van der Waals surface area contributed by atoms with Crippen molar-refractivity contribution in [3.05, 3.63) is 24.5 Å². The lowest BCUT2D eigenvalue weighted by molar-refractivity contribution is 0.429. The number of imidazole rings is 1. The fourth-order valence-electron chi connectivity index (χ4n) is 2.10. The zero-order valence-corrected chi connectivity index (χ0v) is 9.64. The van der Waals surface area contributed by atoms with E-state index in [1.165, 1.54) is 11.2 Å². The third kappa shape index (κ3) is 1.38. The molecule has 3 rings (SSSR count). The van der Waals surface area contributed by atoms with Crippen LogP contribution in [0.5, 0.6) is 0 Å². The van der Waals surface area contributed by atoms with Crippen molar-refractivity contribution in [2.75, 3.05) is 25.0 Å². The summed E-state index contributed by atoms with van der Waals surface area (Å²) in [6.07, 6.45) is 1.86. The number of fused-ring (bicyclic) bond motifs is 1. The van der Waals surface area contributed by atoms with E-state index in [0.717, 1.165) is 18.6 Å². The van der Waals surface area contributed by atoms with Gasteiger partial charge in [0.1, 0.15) is 0 Å². The van der Waals surface area contributed by atoms with Crippen molar-refractivity contribution in [2.24, 2.45) is 7.05 Å². The van der Waals surface area contributed by atoms with Crippen LogP contribution >= 0.6 is 0 Å². The van der Waals surface area contributed by atoms with Gasteiger partial charge in [-0.25, -0.2) is 4.98 Å². The molecule has 0 radical (unpaired) electrons. The van der Waals surface area contributed by atoms with Crippen LogP contribution in [0, 0.1) is 0 Å². The highest BCUT2D eigenvalue weighted by atomic mass is 15.2. The average molecular weight is 216 g/mol. The summed E-state index contributed by atoms with van der Waals surface area (Å²) in [6.45, 7) is 2.16. The van der Waals surface area contributed by atoms with Crippen LogP contribution in [-0.2, 0) is 7.05 Å². The molecule has 0 bridgehead atoms. The van der Waals surface area contributed by atoms with Crippen LogP contribution in [0.1, 0.15) is 0 Å². The molecule has 1 aliphatic heterocycles. The molecule has 84 valence electrons. The molecule has 4 heteroatoms. The summed E-state index contributed by atoms with van der Waals surface area (Å²) in [4.78, 5) is 6.71. The summed E-state index contributed by atoms with van der Waals surface area (Å²) in [6, 6.07) is 7.09. The highest BCUT2D eigenvalue weighted by Gasteiger charge is 2.21. The van der Waals surface area contributed by atoms with Crippen molar-refractivity contribution < 1.29 is 0 Å². The second-order valence-corrected chi connectivity index (χ2v) is 4.45. The molecule has 0 spiro atoms. The minimum atomic E-state index is 0.626. The molecule has 1 aliphatic rings. The van der Waals surface area contributed by atoms with Crippen molar-refractivity contribution in [1.29, 1.82) is 0 Å². The quantitative estimate of drug-likeness (QED) is 0.812. The van der Waals surface area contributed by atoms with Gasteiger partial charge < -0.3 is 14.8 Å². The Bertz CT molecular complexity index is 513. The lowest BCUT2D eigenvalue weighted by Gasteiger charge is -2.37. The first-order valence-corrected chi connectivity index (χ1v) is 5.60. The van der Waals surface area contributed by atoms with E-state index in [9.17, 15) is 0 Å². The van der Waals surface area contributed by atoms with E-state index in [4.69, 9.17) is 0 Å². The minimum absolute atomic E-state index is 0.626. The predicted molar refractivity (Wildman–Crippen MR) is 65.8 cm³/mol. The van der Waals surface area contributed by atoms with E-state index < -0.39 is 0 Å². The van der Waals surface area contributed by atoms with E-state index in [2.05, 4.69) is 40.4 Å². The average Bonchev–Trinajstić information content (AvgIpc) is 2.57. The molecule has 1 saturated heterocycles. The number of rotatable bonds is 2. The van der Waals surface area contributed by atoms with E-state index in [1.54, 1.807) is 0 Å². The van der Waals surface area contributed by atoms with Crippen LogP contribution in [0.3, 0.4) is 0 Å². The van der Waals surface area contributed by atoms with Gasteiger partial charge in [0.2, 0.25) is 0 Å². The van der Waals surface area contributed by atoms with Crippen LogP contribution in [0.25, 0.3) is 11.0 Å². The Labute approximate surface area is 94.9 Å². The van der Waals surface area contributed by atoms with Crippen molar-refractivity contribution in [2.45, 2.75) is 6.04 Å². The monoisotopic (exact) mass is 216 g/mol. The van der Waals surface area contributed by atoms with Crippen LogP contribution in [-0.4, -0.2) is 35.7 Å². The lowest BCUT2D eigenvalue weighted by Crippen LogP contribution is -2.56. The van der Waals surface area contributed by atoms with Crippen molar-refractivity contribution in [1.82, 2.24) is 14.9 Å². The van der Waals surface area contributed by atoms with E-state index in [0.29, 0.717) is 6.04 Å². The molecule has 4 nitrogen and oxygen atoms in total. The van der Waals surface area contributed by atoms with Crippen molar-refractivity contribution >= 4 is 16.7 Å². The van der Waals surface area contributed by atoms with E-state index in [-0.39, 0.29) is 0 Å². The highest BCUT2D eigenvalue weighted by molar-refractivity contribution is 5.79. The van der Waals surface area contributed by atoms with Gasteiger partial charge in [-0.2, -0.15) is 0 Å². The SMILES string of the molecule is CN(c1ccc2c(c1)ncn2C)C1CNC1. The van der Waals surface area contributed by atoms with Crippen molar-refractivity contribution in [3.8, 4) is 0 Å². The number of likely N-dealkylation sites (N-methyl/N-ethyl adjacent to an activating group) is 1. The van der Waals surface area contributed by atoms with Crippen LogP contribution in [0.2, 0.25) is 0 Å². The van der Waals surface area contributed by atoms with Crippen LogP contribution in [0.15, 0.2) is 24.5 Å². The zero-order valence-electron chi connectivity index (χ0n) is 9.64. The standard InChI is InChI=1S/C12H16N4/c1-15-8-14-11-5-9(3-4-12(11)15)16(2)10-6-13-7-10/h3-5,8,10,13H,6-7H2,1-2H3. The minimum Gasteiger partial charge on any atom is -0.369 e. The molecule has 0 atom stereocenters. The molecule has 1 N–H and O–H groups in total. The topological polar surface area (TPSA) is 33.1 Å². The van der Waals surface area contributed by atoms with Gasteiger partial charge in [-0.15, -0.1) is 0 Å². The van der Waals surface area contributed by atoms with Crippen molar-refractivity contribution in [3.63, 3.8) is 0 Å². The number of nitrogens with one attached hydrogen (secondary N) is 1. The molecule has 2 heterocycles. The van der Waals surface area contributed by atoms with Gasteiger partial charge in [-0.05, 0) is 18.2 Å². The summed E-state index contributed by atoms with van der Waals surface area (Å²) in [5.74, 6) is 0. The maximum absolute atomic E-state index is 4.39. The van der Waals surface area contributed by atoms with Gasteiger partial charge in [0, 0.05) is 32.9 Å². The molecule has 16 heavy (non-hydrogen) atoms. The Hall–Kier alpha value is -1.55. The Balaban J connectivity index is 1.97. The molecule has 1 fully saturated rings. The molecule has 2 aromatic rings. The number of benzene rings is 1. The first-order chi connectivity index (χ1) is 7.75. The maximum Gasteiger partial charge on any atom is 0.0955 e. The smallest absolute Gasteiger partial charge is 0.0955 e. The summed E-state index contributed by atoms with van der Waals surface area (Å²) in [7, 11) is 4.17. The number of aromatic nitrogens is 2. The van der Waals surface area contributed by atoms with Gasteiger partial charge in [0.05, 0.1) is 23.4 Å². The summed E-state index contributed by atoms with van der Waals surface area (Å²) in [5.41, 5.74) is 3.50. The van der Waals surface area contributed by atoms with Crippen LogP contribution < -0.4 is 10.2 Å². The number of hydrogen-bond acceptors (Lipinski definition) is 3. The maximum atomic E-state index is 4.39. The summed E-state index contributed by atoms with van der Waals surface area (Å²) >= 11 is 0. The van der Waals surface area contributed by atoms with Gasteiger partial charge in [0.25, 0.3) is 0 Å². The molecule has 0 unspecified atom stereocenters. The van der Waals surface area contributed by atoms with E-state index in [1.807, 2.05) is 17.9 Å². The third-order valence-corrected chi connectivity index (χ3v) is 3.42. The normalized spacial score (nSPS) is 16.4. The number of nitrogens with zero attached hydrogens (tertiary/aromatic N) is 3. The second kappa shape index (κ2) is 3.49. The van der Waals surface area contributed by atoms with Gasteiger partial charge >= 0.3 is 0 Å². The second-order valence-electron chi connectivity index (χ2n) is 4.45. The summed E-state index contributed by atoms with van der Waals surface area (Å²) < 4.78 is 2.05. The first-order valence-electron chi connectivity index (χ1n) is 5.60. The van der Waals surface area contributed by atoms with Gasteiger partial charge in [0.15, 0.2) is 0 Å². The lowest BCUT2D eigenvalue weighted by atomic mass is 10.1. The zero-order chi connectivity index (χ0) is 11.1. The molecule has 0 amide bonds. The first kappa shape index (κ1) is 9.66. The predicted octanol–water partition coefficient (Wildman–Crippen LogP) is 0.981. The largest absolute Gasteiger partial charge is 0.369 e. The Morgan fingerprint density at radius 1 is 1.44 bits per heavy atom. The molecular weight excluding hydrogens is 200 g/mol. The molecule has 0 saturated carbocycles. The Morgan fingerprint density at radius 3 is 2.94 bits per heavy atom. The molecule has 1 aromatic carbocycles. The fourth-order valence-corrected chi connectivity index (χ4v) is 2.10. The van der Waals surface area contributed by atoms with Crippen LogP contribution in [0.4, 0.5) is 5.69 Å². The Kier molecular flexibility index (Phi) is 2.11. The number of anilines is 1.